The highest BCUT2D eigenvalue weighted by atomic mass is 32.2. The van der Waals surface area contributed by atoms with Gasteiger partial charge in [0.15, 0.2) is 0 Å². The first-order valence-corrected chi connectivity index (χ1v) is 12.7. The van der Waals surface area contributed by atoms with Crippen LogP contribution in [-0.4, -0.2) is 56.9 Å². The number of hydrogen-bond donors (Lipinski definition) is 0. The largest absolute Gasteiger partial charge is 0.366 e. The van der Waals surface area contributed by atoms with Crippen LogP contribution >= 0.6 is 0 Å². The van der Waals surface area contributed by atoms with E-state index in [4.69, 9.17) is 0 Å². The van der Waals surface area contributed by atoms with Crippen LogP contribution in [0.2, 0.25) is 0 Å². The Morgan fingerprint density at radius 3 is 2.31 bits per heavy atom. The zero-order valence-electron chi connectivity index (χ0n) is 19.6. The number of sulfonamides is 1. The van der Waals surface area contributed by atoms with Gasteiger partial charge in [0, 0.05) is 38.3 Å². The molecule has 0 atom stereocenters. The third-order valence-corrected chi connectivity index (χ3v) is 7.83. The van der Waals surface area contributed by atoms with E-state index in [2.05, 4.69) is 0 Å². The highest BCUT2D eigenvalue weighted by Gasteiger charge is 2.31. The van der Waals surface area contributed by atoms with Gasteiger partial charge < -0.3 is 9.80 Å². The Labute approximate surface area is 208 Å². The van der Waals surface area contributed by atoms with Crippen LogP contribution < -0.4 is 9.21 Å². The lowest BCUT2D eigenvalue weighted by Crippen LogP contribution is -2.52. The minimum Gasteiger partial charge on any atom is -0.366 e. The summed E-state index contributed by atoms with van der Waals surface area (Å²) in [5, 5.41) is 11.3. The van der Waals surface area contributed by atoms with E-state index in [1.165, 1.54) is 41.3 Å². The maximum absolute atomic E-state index is 14.2. The Kier molecular flexibility index (Phi) is 7.20. The second-order valence-corrected chi connectivity index (χ2v) is 10.3. The van der Waals surface area contributed by atoms with Crippen LogP contribution in [0.1, 0.15) is 5.56 Å². The Morgan fingerprint density at radius 1 is 1.00 bits per heavy atom. The van der Waals surface area contributed by atoms with Gasteiger partial charge in [-0.25, -0.2) is 12.8 Å². The molecule has 1 aliphatic rings. The number of para-hydroxylation sites is 1. The summed E-state index contributed by atoms with van der Waals surface area (Å²) >= 11 is 0. The van der Waals surface area contributed by atoms with E-state index in [1.54, 1.807) is 30.3 Å². The topological polar surface area (TPSA) is 104 Å². The summed E-state index contributed by atoms with van der Waals surface area (Å²) in [6.07, 6.45) is 0. The maximum Gasteiger partial charge on any atom is 0.271 e. The molecular weight excluding hydrogens is 487 g/mol. The summed E-state index contributed by atoms with van der Waals surface area (Å²) in [6.45, 7) is 2.61. The molecule has 0 radical (unpaired) electrons. The predicted octanol–water partition coefficient (Wildman–Crippen LogP) is 3.59. The molecule has 1 fully saturated rings. The van der Waals surface area contributed by atoms with Crippen molar-refractivity contribution >= 4 is 33.0 Å². The van der Waals surface area contributed by atoms with Crippen molar-refractivity contribution in [2.45, 2.75) is 11.8 Å². The fraction of sp³-hybridized carbons (Fsp3) is 0.240. The van der Waals surface area contributed by atoms with Gasteiger partial charge in [0.1, 0.15) is 12.4 Å². The smallest absolute Gasteiger partial charge is 0.271 e. The number of carbonyl (C=O) groups is 1. The highest BCUT2D eigenvalue weighted by Crippen LogP contribution is 2.28. The molecule has 3 aromatic carbocycles. The molecule has 11 heteroatoms. The van der Waals surface area contributed by atoms with Crippen molar-refractivity contribution in [3.63, 3.8) is 0 Å². The molecule has 1 heterocycles. The zero-order valence-corrected chi connectivity index (χ0v) is 20.4. The molecule has 1 amide bonds. The van der Waals surface area contributed by atoms with Gasteiger partial charge in [0.2, 0.25) is 5.91 Å². The number of halogens is 1. The summed E-state index contributed by atoms with van der Waals surface area (Å²) in [5.74, 6) is -0.802. The first-order valence-electron chi connectivity index (χ1n) is 11.3. The first-order chi connectivity index (χ1) is 17.2. The average molecular weight is 513 g/mol. The van der Waals surface area contributed by atoms with Gasteiger partial charge in [-0.3, -0.25) is 19.2 Å². The molecule has 3 aromatic rings. The van der Waals surface area contributed by atoms with Gasteiger partial charge in [0.25, 0.3) is 15.7 Å². The molecule has 0 spiro atoms. The number of piperazine rings is 1. The van der Waals surface area contributed by atoms with Gasteiger partial charge in [-0.2, -0.15) is 0 Å². The molecular formula is C25H25FN4O5S. The minimum absolute atomic E-state index is 0.0168. The van der Waals surface area contributed by atoms with E-state index in [0.29, 0.717) is 18.8 Å². The number of non-ortho nitro benzene ring substituents is 1. The molecule has 0 unspecified atom stereocenters. The van der Waals surface area contributed by atoms with Crippen LogP contribution in [0.3, 0.4) is 0 Å². The fourth-order valence-electron chi connectivity index (χ4n) is 4.04. The highest BCUT2D eigenvalue weighted by molar-refractivity contribution is 7.92. The second-order valence-electron chi connectivity index (χ2n) is 8.42. The monoisotopic (exact) mass is 512 g/mol. The van der Waals surface area contributed by atoms with E-state index in [-0.39, 0.29) is 35.2 Å². The summed E-state index contributed by atoms with van der Waals surface area (Å²) in [5.41, 5.74) is 1.04. The van der Waals surface area contributed by atoms with Crippen LogP contribution in [0, 0.1) is 22.9 Å². The Morgan fingerprint density at radius 2 is 1.67 bits per heavy atom. The van der Waals surface area contributed by atoms with Gasteiger partial charge in [-0.05, 0) is 37.3 Å². The SMILES string of the molecule is Cc1ccc(S(=O)(=O)N(CC(=O)N2CCN(c3ccccc3F)CC2)c2cccc([N+](=O)[O-])c2)cc1. The Balaban J connectivity index is 1.58. The molecule has 0 aliphatic carbocycles. The van der Waals surface area contributed by atoms with Crippen LogP contribution in [0.15, 0.2) is 77.7 Å². The minimum atomic E-state index is -4.20. The molecule has 1 saturated heterocycles. The lowest BCUT2D eigenvalue weighted by Gasteiger charge is -2.37. The first kappa shape index (κ1) is 25.1. The van der Waals surface area contributed by atoms with E-state index in [1.807, 2.05) is 11.8 Å². The lowest BCUT2D eigenvalue weighted by molar-refractivity contribution is -0.384. The number of nitro groups is 1. The van der Waals surface area contributed by atoms with E-state index in [0.717, 1.165) is 15.9 Å². The Hall–Kier alpha value is -3.99. The van der Waals surface area contributed by atoms with Crippen molar-refractivity contribution in [3.8, 4) is 0 Å². The van der Waals surface area contributed by atoms with Gasteiger partial charge in [-0.1, -0.05) is 35.9 Å². The molecule has 36 heavy (non-hydrogen) atoms. The number of benzene rings is 3. The molecule has 9 nitrogen and oxygen atoms in total. The van der Waals surface area contributed by atoms with Crippen molar-refractivity contribution in [2.24, 2.45) is 0 Å². The Bertz CT molecular complexity index is 1370. The van der Waals surface area contributed by atoms with Crippen LogP contribution in [0.25, 0.3) is 0 Å². The van der Waals surface area contributed by atoms with Crippen molar-refractivity contribution in [2.75, 3.05) is 41.9 Å². The third kappa shape index (κ3) is 5.30. The number of nitrogens with zero attached hydrogens (tertiary/aromatic N) is 4. The maximum atomic E-state index is 14.2. The molecule has 1 aliphatic heterocycles. The molecule has 0 saturated carbocycles. The van der Waals surface area contributed by atoms with E-state index >= 15 is 0 Å². The van der Waals surface area contributed by atoms with Crippen molar-refractivity contribution in [1.29, 1.82) is 0 Å². The molecule has 0 N–H and O–H groups in total. The van der Waals surface area contributed by atoms with Gasteiger partial charge in [0.05, 0.1) is 21.2 Å². The van der Waals surface area contributed by atoms with Crippen molar-refractivity contribution < 1.29 is 22.5 Å². The molecule has 0 aromatic heterocycles. The summed E-state index contributed by atoms with van der Waals surface area (Å²) in [4.78, 5) is 27.2. The molecule has 0 bridgehead atoms. The van der Waals surface area contributed by atoms with E-state index in [9.17, 15) is 27.7 Å². The standard InChI is InChI=1S/C25H25FN4O5S/c1-19-9-11-22(12-10-19)36(34,35)29(20-5-4-6-21(17-20)30(32)33)18-25(31)28-15-13-27(14-16-28)24-8-3-2-7-23(24)26/h2-12,17H,13-16,18H2,1H3. The average Bonchev–Trinajstić information content (AvgIpc) is 2.88. The number of rotatable bonds is 7. The normalized spacial score (nSPS) is 13.9. The quantitative estimate of drug-likeness (QED) is 0.354. The second kappa shape index (κ2) is 10.3. The summed E-state index contributed by atoms with van der Waals surface area (Å²) in [6, 6.07) is 17.7. The number of nitro benzene ring substituents is 1. The number of anilines is 2. The molecule has 4 rings (SSSR count). The summed E-state index contributed by atoms with van der Waals surface area (Å²) in [7, 11) is -4.20. The van der Waals surface area contributed by atoms with Crippen LogP contribution in [0.4, 0.5) is 21.5 Å². The van der Waals surface area contributed by atoms with Crippen LogP contribution in [0.5, 0.6) is 0 Å². The predicted molar refractivity (Wildman–Crippen MR) is 134 cm³/mol. The van der Waals surface area contributed by atoms with Gasteiger partial charge in [-0.15, -0.1) is 0 Å². The van der Waals surface area contributed by atoms with Crippen molar-refractivity contribution in [1.82, 2.24) is 4.90 Å². The number of amides is 1. The zero-order chi connectivity index (χ0) is 25.9. The number of carbonyl (C=O) groups excluding carboxylic acids is 1. The third-order valence-electron chi connectivity index (χ3n) is 6.04. The number of aryl methyl sites for hydroxylation is 1. The van der Waals surface area contributed by atoms with E-state index < -0.39 is 27.4 Å². The fourth-order valence-corrected chi connectivity index (χ4v) is 5.45. The van der Waals surface area contributed by atoms with Gasteiger partial charge >= 0.3 is 0 Å². The van der Waals surface area contributed by atoms with Crippen molar-refractivity contribution in [3.05, 3.63) is 94.3 Å². The van der Waals surface area contributed by atoms with Crippen LogP contribution in [-0.2, 0) is 14.8 Å². The summed E-state index contributed by atoms with van der Waals surface area (Å²) < 4.78 is 42.2. The molecule has 188 valence electrons. The lowest BCUT2D eigenvalue weighted by atomic mass is 10.2. The number of hydrogen-bond acceptors (Lipinski definition) is 6.